The second kappa shape index (κ2) is 2.05. The largest absolute Gasteiger partial charge is 0.447 e. The zero-order chi connectivity index (χ0) is 6.85. The van der Waals surface area contributed by atoms with Gasteiger partial charge in [0.15, 0.2) is 0 Å². The predicted molar refractivity (Wildman–Crippen MR) is 29.0 cm³/mol. The number of carbonyl (C=O) groups is 2. The van der Waals surface area contributed by atoms with Crippen LogP contribution >= 0.6 is 0 Å². The maximum absolute atomic E-state index is 10.5. The van der Waals surface area contributed by atoms with E-state index in [9.17, 15) is 9.59 Å². The van der Waals surface area contributed by atoms with Gasteiger partial charge in [-0.15, -0.1) is 0 Å². The van der Waals surface area contributed by atoms with Crippen LogP contribution in [-0.4, -0.2) is 37.0 Å². The van der Waals surface area contributed by atoms with Gasteiger partial charge in [0.05, 0.1) is 0 Å². The summed E-state index contributed by atoms with van der Waals surface area (Å²) in [4.78, 5) is 21.8. The summed E-state index contributed by atoms with van der Waals surface area (Å²) in [6.07, 6.45) is 0.275. The molecular weight excluding hydrogens is 122 g/mol. The average Bonchev–Trinajstić information content (AvgIpc) is 2.15. The van der Waals surface area contributed by atoms with Crippen molar-refractivity contribution < 1.29 is 14.3 Å². The molecule has 9 heavy (non-hydrogen) atoms. The van der Waals surface area contributed by atoms with Crippen LogP contribution in [-0.2, 0) is 9.53 Å². The second-order valence-electron chi connectivity index (χ2n) is 1.89. The third-order valence-electron chi connectivity index (χ3n) is 1.32. The van der Waals surface area contributed by atoms with Gasteiger partial charge in [0.2, 0.25) is 0 Å². The zero-order valence-electron chi connectivity index (χ0n) is 5.03. The Kier molecular flexibility index (Phi) is 1.38. The summed E-state index contributed by atoms with van der Waals surface area (Å²) in [5, 5.41) is 0. The Morgan fingerprint density at radius 2 is 2.56 bits per heavy atom. The number of cyclic esters (lactones) is 1. The van der Waals surface area contributed by atoms with Crippen molar-refractivity contribution in [3.05, 3.63) is 0 Å². The smallest absolute Gasteiger partial charge is 0.410 e. The molecule has 0 radical (unpaired) electrons. The van der Waals surface area contributed by atoms with Crippen molar-refractivity contribution in [2.24, 2.45) is 0 Å². The highest BCUT2D eigenvalue weighted by Gasteiger charge is 2.28. The number of amides is 1. The van der Waals surface area contributed by atoms with E-state index in [0.717, 1.165) is 0 Å². The molecule has 1 amide bonds. The Labute approximate surface area is 52.4 Å². The van der Waals surface area contributed by atoms with Gasteiger partial charge in [-0.05, 0) is 0 Å². The monoisotopic (exact) mass is 129 g/mol. The van der Waals surface area contributed by atoms with Gasteiger partial charge in [0, 0.05) is 7.05 Å². The summed E-state index contributed by atoms with van der Waals surface area (Å²) < 4.78 is 4.52. The minimum atomic E-state index is -0.424. The minimum absolute atomic E-state index is 0.193. The summed E-state index contributed by atoms with van der Waals surface area (Å²) in [6, 6.07) is -0.377. The van der Waals surface area contributed by atoms with E-state index in [1.165, 1.54) is 11.9 Å². The van der Waals surface area contributed by atoms with Crippen LogP contribution in [0.2, 0.25) is 0 Å². The van der Waals surface area contributed by atoms with Crippen LogP contribution in [0.1, 0.15) is 0 Å². The van der Waals surface area contributed by atoms with E-state index in [1.807, 2.05) is 0 Å². The average molecular weight is 129 g/mol. The number of ether oxygens (including phenoxy) is 1. The predicted octanol–water partition coefficient (Wildman–Crippen LogP) is -0.364. The molecule has 0 saturated carbocycles. The molecule has 0 aliphatic carbocycles. The van der Waals surface area contributed by atoms with Crippen LogP contribution in [0.5, 0.6) is 0 Å². The van der Waals surface area contributed by atoms with Crippen molar-refractivity contribution >= 4 is 12.4 Å². The lowest BCUT2D eigenvalue weighted by molar-refractivity contribution is -0.110. The van der Waals surface area contributed by atoms with Crippen LogP contribution in [0, 0.1) is 0 Å². The van der Waals surface area contributed by atoms with E-state index in [1.54, 1.807) is 0 Å². The number of rotatable bonds is 1. The van der Waals surface area contributed by atoms with Crippen LogP contribution in [0.3, 0.4) is 0 Å². The SMILES string of the molecule is CN1C(=O)OCC1C=O. The fraction of sp³-hybridized carbons (Fsp3) is 0.600. The van der Waals surface area contributed by atoms with Crippen LogP contribution in [0.15, 0.2) is 0 Å². The fourth-order valence-corrected chi connectivity index (χ4v) is 0.636. The number of hydrogen-bond donors (Lipinski definition) is 0. The van der Waals surface area contributed by atoms with Crippen molar-refractivity contribution in [1.29, 1.82) is 0 Å². The third-order valence-corrected chi connectivity index (χ3v) is 1.32. The highest BCUT2D eigenvalue weighted by atomic mass is 16.6. The number of aldehydes is 1. The number of hydrogen-bond acceptors (Lipinski definition) is 3. The van der Waals surface area contributed by atoms with Crippen molar-refractivity contribution in [2.75, 3.05) is 13.7 Å². The molecule has 0 aromatic rings. The van der Waals surface area contributed by atoms with Crippen LogP contribution in [0.25, 0.3) is 0 Å². The van der Waals surface area contributed by atoms with Crippen molar-refractivity contribution in [1.82, 2.24) is 4.90 Å². The maximum atomic E-state index is 10.5. The van der Waals surface area contributed by atoms with E-state index < -0.39 is 6.09 Å². The molecule has 1 aliphatic rings. The van der Waals surface area contributed by atoms with Crippen molar-refractivity contribution in [3.8, 4) is 0 Å². The highest BCUT2D eigenvalue weighted by Crippen LogP contribution is 2.05. The summed E-state index contributed by atoms with van der Waals surface area (Å²) >= 11 is 0. The van der Waals surface area contributed by atoms with E-state index in [4.69, 9.17) is 0 Å². The number of nitrogens with zero attached hydrogens (tertiary/aromatic N) is 1. The molecule has 0 bridgehead atoms. The number of carbonyl (C=O) groups excluding carboxylic acids is 2. The Morgan fingerprint density at radius 1 is 1.89 bits per heavy atom. The van der Waals surface area contributed by atoms with Gasteiger partial charge in [-0.1, -0.05) is 0 Å². The van der Waals surface area contributed by atoms with Gasteiger partial charge in [-0.3, -0.25) is 4.90 Å². The molecule has 1 rings (SSSR count). The number of likely N-dealkylation sites (N-methyl/N-ethyl adjacent to an activating group) is 1. The molecule has 0 N–H and O–H groups in total. The van der Waals surface area contributed by atoms with E-state index in [0.29, 0.717) is 6.29 Å². The van der Waals surface area contributed by atoms with E-state index in [-0.39, 0.29) is 12.6 Å². The first-order chi connectivity index (χ1) is 4.25. The van der Waals surface area contributed by atoms with Gasteiger partial charge in [0.1, 0.15) is 18.9 Å². The lowest BCUT2D eigenvalue weighted by Gasteiger charge is -2.07. The first kappa shape index (κ1) is 6.07. The van der Waals surface area contributed by atoms with Gasteiger partial charge < -0.3 is 9.53 Å². The molecule has 0 aromatic carbocycles. The highest BCUT2D eigenvalue weighted by molar-refractivity contribution is 5.76. The molecule has 0 spiro atoms. The normalized spacial score (nSPS) is 26.1. The van der Waals surface area contributed by atoms with Crippen molar-refractivity contribution in [2.45, 2.75) is 6.04 Å². The Bertz CT molecular complexity index is 145. The Hall–Kier alpha value is -1.06. The molecular formula is C5H7NO3. The molecule has 0 aromatic heterocycles. The third kappa shape index (κ3) is 0.872. The van der Waals surface area contributed by atoms with Gasteiger partial charge in [-0.25, -0.2) is 4.79 Å². The Balaban J connectivity index is 2.61. The topological polar surface area (TPSA) is 46.6 Å². The first-order valence-electron chi connectivity index (χ1n) is 2.60. The van der Waals surface area contributed by atoms with Gasteiger partial charge in [0.25, 0.3) is 0 Å². The van der Waals surface area contributed by atoms with Crippen LogP contribution in [0.4, 0.5) is 4.79 Å². The molecule has 1 heterocycles. The zero-order valence-corrected chi connectivity index (χ0v) is 5.03. The summed E-state index contributed by atoms with van der Waals surface area (Å²) in [6.45, 7) is 0.193. The summed E-state index contributed by atoms with van der Waals surface area (Å²) in [5.74, 6) is 0. The molecule has 4 heteroatoms. The molecule has 4 nitrogen and oxygen atoms in total. The van der Waals surface area contributed by atoms with Gasteiger partial charge in [-0.2, -0.15) is 0 Å². The lowest BCUT2D eigenvalue weighted by Crippen LogP contribution is -2.30. The standard InChI is InChI=1S/C5H7NO3/c1-6-4(2-7)3-9-5(6)8/h2,4H,3H2,1H3. The Morgan fingerprint density at radius 3 is 2.78 bits per heavy atom. The maximum Gasteiger partial charge on any atom is 0.410 e. The lowest BCUT2D eigenvalue weighted by atomic mass is 10.3. The first-order valence-corrected chi connectivity index (χ1v) is 2.60. The van der Waals surface area contributed by atoms with Crippen molar-refractivity contribution in [3.63, 3.8) is 0 Å². The molecule has 1 fully saturated rings. The summed E-state index contributed by atoms with van der Waals surface area (Å²) in [5.41, 5.74) is 0. The molecule has 1 saturated heterocycles. The quantitative estimate of drug-likeness (QED) is 0.454. The fourth-order valence-electron chi connectivity index (χ4n) is 0.636. The minimum Gasteiger partial charge on any atom is -0.447 e. The molecule has 50 valence electrons. The van der Waals surface area contributed by atoms with Crippen LogP contribution < -0.4 is 0 Å². The molecule has 1 unspecified atom stereocenters. The van der Waals surface area contributed by atoms with Gasteiger partial charge >= 0.3 is 6.09 Å². The second-order valence-corrected chi connectivity index (χ2v) is 1.89. The molecule has 1 aliphatic heterocycles. The molecule has 1 atom stereocenters. The van der Waals surface area contributed by atoms with E-state index >= 15 is 0 Å². The van der Waals surface area contributed by atoms with E-state index in [2.05, 4.69) is 4.74 Å². The summed E-state index contributed by atoms with van der Waals surface area (Å²) in [7, 11) is 1.54.